The minimum absolute atomic E-state index is 0.0278. The van der Waals surface area contributed by atoms with Crippen LogP contribution < -0.4 is 10.1 Å². The van der Waals surface area contributed by atoms with Crippen molar-refractivity contribution in [3.05, 3.63) is 68.1 Å². The largest absolute Gasteiger partial charge is 0.480 e. The van der Waals surface area contributed by atoms with Crippen LogP contribution in [0.2, 0.25) is 0 Å². The summed E-state index contributed by atoms with van der Waals surface area (Å²) in [5, 5.41) is 12.1. The second kappa shape index (κ2) is 11.4. The molecule has 0 aliphatic rings. The van der Waals surface area contributed by atoms with E-state index in [1.165, 1.54) is 6.08 Å². The van der Waals surface area contributed by atoms with Crippen molar-refractivity contribution in [1.29, 1.82) is 5.26 Å². The molecule has 0 spiro atoms. The predicted octanol–water partition coefficient (Wildman–Crippen LogP) is 4.38. The minimum atomic E-state index is -0.475. The lowest BCUT2D eigenvalue weighted by Crippen LogP contribution is -2.23. The third-order valence-electron chi connectivity index (χ3n) is 3.63. The van der Waals surface area contributed by atoms with Gasteiger partial charge in [0.05, 0.1) is 15.6 Å². The van der Waals surface area contributed by atoms with Gasteiger partial charge in [-0.2, -0.15) is 5.26 Å². The zero-order chi connectivity index (χ0) is 21.2. The van der Waals surface area contributed by atoms with Crippen LogP contribution in [-0.4, -0.2) is 25.1 Å². The van der Waals surface area contributed by atoms with Crippen LogP contribution in [0.5, 0.6) is 5.75 Å². The van der Waals surface area contributed by atoms with E-state index in [-0.39, 0.29) is 18.8 Å². The van der Waals surface area contributed by atoms with Crippen molar-refractivity contribution in [2.75, 3.05) is 13.2 Å². The molecule has 0 aliphatic heterocycles. The average molecular weight is 522 g/mol. The van der Waals surface area contributed by atoms with Crippen LogP contribution in [0.3, 0.4) is 0 Å². The van der Waals surface area contributed by atoms with E-state index in [4.69, 9.17) is 9.47 Å². The molecule has 0 aliphatic carbocycles. The molecular weight excluding hydrogens is 504 g/mol. The Morgan fingerprint density at radius 2 is 1.83 bits per heavy atom. The van der Waals surface area contributed by atoms with E-state index in [0.29, 0.717) is 26.8 Å². The van der Waals surface area contributed by atoms with Crippen LogP contribution >= 0.6 is 31.9 Å². The number of benzene rings is 2. The molecule has 0 saturated heterocycles. The van der Waals surface area contributed by atoms with E-state index in [1.807, 2.05) is 36.4 Å². The molecule has 1 amide bonds. The molecule has 0 saturated carbocycles. The second-order valence-corrected chi connectivity index (χ2v) is 7.45. The highest BCUT2D eigenvalue weighted by Crippen LogP contribution is 2.35. The number of nitriles is 1. The molecule has 0 atom stereocenters. The van der Waals surface area contributed by atoms with Crippen molar-refractivity contribution in [3.63, 3.8) is 0 Å². The van der Waals surface area contributed by atoms with E-state index in [1.54, 1.807) is 19.1 Å². The van der Waals surface area contributed by atoms with E-state index < -0.39 is 11.9 Å². The number of nitrogens with one attached hydrogen (secondary N) is 1. The highest BCUT2D eigenvalue weighted by molar-refractivity contribution is 9.11. The molecule has 0 fully saturated rings. The van der Waals surface area contributed by atoms with Crippen molar-refractivity contribution in [1.82, 2.24) is 5.32 Å². The van der Waals surface area contributed by atoms with Gasteiger partial charge in [-0.3, -0.25) is 4.79 Å². The van der Waals surface area contributed by atoms with Gasteiger partial charge in [0, 0.05) is 6.54 Å². The molecule has 29 heavy (non-hydrogen) atoms. The summed E-state index contributed by atoms with van der Waals surface area (Å²) in [6, 6.07) is 14.7. The normalized spacial score (nSPS) is 10.8. The predicted molar refractivity (Wildman–Crippen MR) is 116 cm³/mol. The van der Waals surface area contributed by atoms with Gasteiger partial charge in [-0.25, -0.2) is 4.79 Å². The maximum atomic E-state index is 12.3. The SMILES string of the molecule is CCOC(=O)COc1c(Br)cc(/C=C(/C#N)C(=O)NCc2ccccc2)cc1Br. The number of amides is 1. The molecule has 150 valence electrons. The molecule has 0 unspecified atom stereocenters. The lowest BCUT2D eigenvalue weighted by Gasteiger charge is -2.11. The second-order valence-electron chi connectivity index (χ2n) is 5.75. The fourth-order valence-electron chi connectivity index (χ4n) is 2.32. The summed E-state index contributed by atoms with van der Waals surface area (Å²) in [4.78, 5) is 23.8. The number of carbonyl (C=O) groups is 2. The summed E-state index contributed by atoms with van der Waals surface area (Å²) in [6.07, 6.45) is 1.48. The van der Waals surface area contributed by atoms with Crippen LogP contribution in [0.1, 0.15) is 18.1 Å². The van der Waals surface area contributed by atoms with Crippen LogP contribution in [0.15, 0.2) is 57.0 Å². The summed E-state index contributed by atoms with van der Waals surface area (Å²) in [6.45, 7) is 2.09. The number of rotatable bonds is 8. The van der Waals surface area contributed by atoms with Crippen LogP contribution in [0.4, 0.5) is 0 Å². The first-order valence-corrected chi connectivity index (χ1v) is 10.2. The van der Waals surface area contributed by atoms with Gasteiger partial charge in [-0.1, -0.05) is 30.3 Å². The number of nitrogens with zero attached hydrogens (tertiary/aromatic N) is 1. The third-order valence-corrected chi connectivity index (χ3v) is 4.81. The topological polar surface area (TPSA) is 88.4 Å². The van der Waals surface area contributed by atoms with Gasteiger partial charge in [0.2, 0.25) is 0 Å². The number of esters is 1. The van der Waals surface area contributed by atoms with Crippen molar-refractivity contribution in [2.24, 2.45) is 0 Å². The van der Waals surface area contributed by atoms with E-state index >= 15 is 0 Å². The Morgan fingerprint density at radius 3 is 2.41 bits per heavy atom. The molecular formula is C21H18Br2N2O4. The van der Waals surface area contributed by atoms with Gasteiger partial charge in [-0.15, -0.1) is 0 Å². The quantitative estimate of drug-likeness (QED) is 0.316. The Morgan fingerprint density at radius 1 is 1.17 bits per heavy atom. The average Bonchev–Trinajstić information content (AvgIpc) is 2.70. The summed E-state index contributed by atoms with van der Waals surface area (Å²) < 4.78 is 11.4. The Labute approximate surface area is 185 Å². The molecule has 0 bridgehead atoms. The van der Waals surface area contributed by atoms with Crippen molar-refractivity contribution >= 4 is 49.8 Å². The summed E-state index contributed by atoms with van der Waals surface area (Å²) in [7, 11) is 0. The number of carbonyl (C=O) groups excluding carboxylic acids is 2. The Balaban J connectivity index is 2.11. The highest BCUT2D eigenvalue weighted by Gasteiger charge is 2.13. The number of hydrogen-bond acceptors (Lipinski definition) is 5. The molecule has 2 aromatic carbocycles. The van der Waals surface area contributed by atoms with Gasteiger partial charge in [0.1, 0.15) is 17.4 Å². The van der Waals surface area contributed by atoms with Crippen molar-refractivity contribution < 1.29 is 19.1 Å². The fourth-order valence-corrected chi connectivity index (χ4v) is 3.77. The minimum Gasteiger partial charge on any atom is -0.480 e. The third kappa shape index (κ3) is 7.04. The lowest BCUT2D eigenvalue weighted by atomic mass is 10.1. The molecule has 0 aromatic heterocycles. The molecule has 1 N–H and O–H groups in total. The van der Waals surface area contributed by atoms with E-state index in [0.717, 1.165) is 5.56 Å². The van der Waals surface area contributed by atoms with E-state index in [9.17, 15) is 14.9 Å². The molecule has 2 aromatic rings. The van der Waals surface area contributed by atoms with Crippen LogP contribution in [-0.2, 0) is 20.9 Å². The Kier molecular flexibility index (Phi) is 8.90. The summed E-state index contributed by atoms with van der Waals surface area (Å²) >= 11 is 6.75. The number of halogens is 2. The van der Waals surface area contributed by atoms with E-state index in [2.05, 4.69) is 37.2 Å². The van der Waals surface area contributed by atoms with Gasteiger partial charge < -0.3 is 14.8 Å². The monoisotopic (exact) mass is 520 g/mol. The van der Waals surface area contributed by atoms with Gasteiger partial charge in [0.15, 0.2) is 6.61 Å². The van der Waals surface area contributed by atoms with Gasteiger partial charge >= 0.3 is 5.97 Å². The highest BCUT2D eigenvalue weighted by atomic mass is 79.9. The Hall–Kier alpha value is -2.63. The van der Waals surface area contributed by atoms with Crippen molar-refractivity contribution in [2.45, 2.75) is 13.5 Å². The van der Waals surface area contributed by atoms with Crippen LogP contribution in [0, 0.1) is 11.3 Å². The zero-order valence-electron chi connectivity index (χ0n) is 15.6. The molecule has 0 radical (unpaired) electrons. The summed E-state index contributed by atoms with van der Waals surface area (Å²) in [5.41, 5.74) is 1.52. The fraction of sp³-hybridized carbons (Fsp3) is 0.190. The maximum Gasteiger partial charge on any atom is 0.344 e. The first kappa shape index (κ1) is 22.7. The molecule has 0 heterocycles. The zero-order valence-corrected chi connectivity index (χ0v) is 18.7. The molecule has 8 heteroatoms. The number of ether oxygens (including phenoxy) is 2. The number of hydrogen-bond donors (Lipinski definition) is 1. The molecule has 6 nitrogen and oxygen atoms in total. The van der Waals surface area contributed by atoms with Gasteiger partial charge in [-0.05, 0) is 68.1 Å². The van der Waals surface area contributed by atoms with Crippen molar-refractivity contribution in [3.8, 4) is 11.8 Å². The first-order chi connectivity index (χ1) is 13.9. The molecule has 2 rings (SSSR count). The first-order valence-electron chi connectivity index (χ1n) is 8.66. The van der Waals surface area contributed by atoms with Crippen LogP contribution in [0.25, 0.3) is 6.08 Å². The lowest BCUT2D eigenvalue weighted by molar-refractivity contribution is -0.145. The summed E-state index contributed by atoms with van der Waals surface area (Å²) in [5.74, 6) is -0.523. The standard InChI is InChI=1S/C21H18Br2N2O4/c1-2-28-19(26)13-29-20-17(22)9-15(10-18(20)23)8-16(11-24)21(27)25-12-14-6-4-3-5-7-14/h3-10H,2,12-13H2,1H3,(H,25,27)/b16-8-. The van der Waals surface area contributed by atoms with Gasteiger partial charge in [0.25, 0.3) is 5.91 Å². The smallest absolute Gasteiger partial charge is 0.344 e. The Bertz CT molecular complexity index is 930. The maximum absolute atomic E-state index is 12.3.